The van der Waals surface area contributed by atoms with Gasteiger partial charge in [-0.1, -0.05) is 39.0 Å². The second kappa shape index (κ2) is 8.97. The van der Waals surface area contributed by atoms with E-state index in [1.807, 2.05) is 6.08 Å². The predicted molar refractivity (Wildman–Crippen MR) is 131 cm³/mol. The molecule has 0 aliphatic heterocycles. The fourth-order valence-corrected chi connectivity index (χ4v) is 8.64. The van der Waals surface area contributed by atoms with Crippen LogP contribution in [0.15, 0.2) is 23.8 Å². The van der Waals surface area contributed by atoms with Crippen molar-refractivity contribution in [3.8, 4) is 0 Å². The fourth-order valence-electron chi connectivity index (χ4n) is 8.64. The standard InChI is InChI=1S/C28H46O6/c1-15(27(4,34)14-29)10-22(31)16(2)19-6-7-20-25-21(8-9-26(19,20)3)28(5)17(12-23(25)32)11-18(30)13-24(28)33/h12,16,18-25,29-34H,1,6-11,13-14H2,2-5H3/t16-,18+,19+,20-,21-,22+,23+,24-,25-,26+,27+,28-/m0/s1. The number of aliphatic hydroxyl groups excluding tert-OH is 5. The Labute approximate surface area is 204 Å². The van der Waals surface area contributed by atoms with Crippen molar-refractivity contribution in [2.45, 2.75) is 103 Å². The van der Waals surface area contributed by atoms with E-state index in [4.69, 9.17) is 0 Å². The molecule has 6 N–H and O–H groups in total. The predicted octanol–water partition coefficient (Wildman–Crippen LogP) is 2.55. The van der Waals surface area contributed by atoms with Gasteiger partial charge in [0, 0.05) is 11.8 Å². The Bertz CT molecular complexity index is 822. The Hall–Kier alpha value is -0.760. The number of rotatable bonds is 6. The number of aliphatic hydroxyl groups is 6. The second-order valence-corrected chi connectivity index (χ2v) is 12.8. The zero-order chi connectivity index (χ0) is 25.2. The lowest BCUT2D eigenvalue weighted by molar-refractivity contribution is -0.136. The molecule has 0 radical (unpaired) electrons. The summed E-state index contributed by atoms with van der Waals surface area (Å²) in [5.74, 6) is 0.830. The van der Waals surface area contributed by atoms with E-state index in [0.29, 0.717) is 24.3 Å². The molecule has 0 saturated heterocycles. The minimum absolute atomic E-state index is 0.00404. The van der Waals surface area contributed by atoms with Crippen LogP contribution >= 0.6 is 0 Å². The van der Waals surface area contributed by atoms with E-state index in [9.17, 15) is 30.6 Å². The molecule has 4 rings (SSSR count). The molecule has 0 unspecified atom stereocenters. The van der Waals surface area contributed by atoms with Gasteiger partial charge in [-0.05, 0) is 86.0 Å². The van der Waals surface area contributed by atoms with Crippen molar-refractivity contribution >= 4 is 0 Å². The summed E-state index contributed by atoms with van der Waals surface area (Å²) in [6.45, 7) is 11.6. The van der Waals surface area contributed by atoms with E-state index in [2.05, 4.69) is 27.4 Å². The van der Waals surface area contributed by atoms with Gasteiger partial charge in [-0.2, -0.15) is 0 Å². The van der Waals surface area contributed by atoms with Crippen LogP contribution in [0.25, 0.3) is 0 Å². The molecule has 0 heterocycles. The molecule has 0 bridgehead atoms. The van der Waals surface area contributed by atoms with Gasteiger partial charge in [-0.3, -0.25) is 0 Å². The number of fused-ring (bicyclic) bond motifs is 5. The third kappa shape index (κ3) is 3.93. The van der Waals surface area contributed by atoms with Gasteiger partial charge < -0.3 is 30.6 Å². The lowest BCUT2D eigenvalue weighted by Gasteiger charge is -2.60. The molecule has 0 amide bonds. The smallest absolute Gasteiger partial charge is 0.106 e. The van der Waals surface area contributed by atoms with E-state index in [0.717, 1.165) is 31.3 Å². The molecular weight excluding hydrogens is 432 g/mol. The van der Waals surface area contributed by atoms with Crippen LogP contribution in [0.1, 0.15) is 72.6 Å². The molecule has 0 aromatic carbocycles. The molecule has 3 fully saturated rings. The number of hydrogen-bond acceptors (Lipinski definition) is 6. The summed E-state index contributed by atoms with van der Waals surface area (Å²) in [6.07, 6.45) is 4.59. The quantitative estimate of drug-likeness (QED) is 0.326. The summed E-state index contributed by atoms with van der Waals surface area (Å²) in [7, 11) is 0. The zero-order valence-corrected chi connectivity index (χ0v) is 21.3. The van der Waals surface area contributed by atoms with E-state index in [-0.39, 0.29) is 35.5 Å². The Morgan fingerprint density at radius 1 is 1.18 bits per heavy atom. The highest BCUT2D eigenvalue weighted by Crippen LogP contribution is 2.67. The molecule has 4 aliphatic carbocycles. The highest BCUT2D eigenvalue weighted by atomic mass is 16.3. The van der Waals surface area contributed by atoms with Crippen molar-refractivity contribution in [2.24, 2.45) is 40.4 Å². The van der Waals surface area contributed by atoms with Crippen LogP contribution in [0.5, 0.6) is 0 Å². The van der Waals surface area contributed by atoms with E-state index in [1.54, 1.807) is 0 Å². The molecule has 3 saturated carbocycles. The largest absolute Gasteiger partial charge is 0.393 e. The van der Waals surface area contributed by atoms with Gasteiger partial charge in [0.1, 0.15) is 5.60 Å². The van der Waals surface area contributed by atoms with E-state index < -0.39 is 42.0 Å². The topological polar surface area (TPSA) is 121 Å². The third-order valence-electron chi connectivity index (χ3n) is 11.0. The molecule has 194 valence electrons. The molecule has 0 aromatic heterocycles. The average Bonchev–Trinajstić information content (AvgIpc) is 3.12. The first kappa shape index (κ1) is 26.3. The van der Waals surface area contributed by atoms with Gasteiger partial charge >= 0.3 is 0 Å². The molecule has 34 heavy (non-hydrogen) atoms. The molecule has 6 heteroatoms. The van der Waals surface area contributed by atoms with Crippen LogP contribution in [0, 0.1) is 40.4 Å². The van der Waals surface area contributed by atoms with Gasteiger partial charge in [0.2, 0.25) is 0 Å². The zero-order valence-electron chi connectivity index (χ0n) is 21.3. The summed E-state index contributed by atoms with van der Waals surface area (Å²) in [5.41, 5.74) is -0.365. The molecule has 0 spiro atoms. The van der Waals surface area contributed by atoms with Crippen molar-refractivity contribution in [3.05, 3.63) is 23.8 Å². The third-order valence-corrected chi connectivity index (χ3v) is 11.0. The van der Waals surface area contributed by atoms with Gasteiger partial charge in [0.15, 0.2) is 0 Å². The van der Waals surface area contributed by atoms with Crippen LogP contribution in [-0.4, -0.2) is 67.3 Å². The molecular formula is C28H46O6. The van der Waals surface area contributed by atoms with Crippen molar-refractivity contribution in [1.82, 2.24) is 0 Å². The summed E-state index contributed by atoms with van der Waals surface area (Å²) in [5, 5.41) is 63.5. The summed E-state index contributed by atoms with van der Waals surface area (Å²) in [4.78, 5) is 0. The average molecular weight is 479 g/mol. The maximum atomic E-state index is 11.3. The van der Waals surface area contributed by atoms with Crippen molar-refractivity contribution in [2.75, 3.05) is 6.61 Å². The maximum absolute atomic E-state index is 11.3. The first-order chi connectivity index (χ1) is 15.8. The van der Waals surface area contributed by atoms with Crippen LogP contribution in [0.2, 0.25) is 0 Å². The Morgan fingerprint density at radius 2 is 1.85 bits per heavy atom. The first-order valence-electron chi connectivity index (χ1n) is 13.2. The Balaban J connectivity index is 1.56. The fraction of sp³-hybridized carbons (Fsp3) is 0.857. The van der Waals surface area contributed by atoms with Crippen LogP contribution in [0.3, 0.4) is 0 Å². The van der Waals surface area contributed by atoms with Crippen molar-refractivity contribution < 1.29 is 30.6 Å². The van der Waals surface area contributed by atoms with Gasteiger partial charge in [-0.15, -0.1) is 0 Å². The van der Waals surface area contributed by atoms with E-state index >= 15 is 0 Å². The monoisotopic (exact) mass is 478 g/mol. The Morgan fingerprint density at radius 3 is 2.50 bits per heavy atom. The minimum Gasteiger partial charge on any atom is -0.393 e. The minimum atomic E-state index is -1.40. The second-order valence-electron chi connectivity index (χ2n) is 12.8. The lowest BCUT2D eigenvalue weighted by atomic mass is 9.45. The Kier molecular flexibility index (Phi) is 6.94. The summed E-state index contributed by atoms with van der Waals surface area (Å²) >= 11 is 0. The normalized spacial score (nSPS) is 47.5. The van der Waals surface area contributed by atoms with Crippen molar-refractivity contribution in [1.29, 1.82) is 0 Å². The van der Waals surface area contributed by atoms with Crippen LogP contribution < -0.4 is 0 Å². The molecule has 12 atom stereocenters. The molecule has 0 aromatic rings. The highest BCUT2D eigenvalue weighted by molar-refractivity contribution is 5.30. The van der Waals surface area contributed by atoms with Gasteiger partial charge in [0.25, 0.3) is 0 Å². The first-order valence-corrected chi connectivity index (χ1v) is 13.2. The van der Waals surface area contributed by atoms with Crippen LogP contribution in [-0.2, 0) is 0 Å². The SMILES string of the molecule is C=C(C[C@@H](O)[C@@H](C)[C@H]1CC[C@H]2[C@@H]3[C@H](O)C=C4C[C@@H](O)C[C@H](O)[C@]4(C)[C@H]3CC[C@]12C)[C@](C)(O)CO. The maximum Gasteiger partial charge on any atom is 0.106 e. The van der Waals surface area contributed by atoms with Crippen molar-refractivity contribution in [3.63, 3.8) is 0 Å². The molecule has 6 nitrogen and oxygen atoms in total. The van der Waals surface area contributed by atoms with E-state index in [1.165, 1.54) is 6.92 Å². The summed E-state index contributed by atoms with van der Waals surface area (Å²) in [6, 6.07) is 0. The van der Waals surface area contributed by atoms with Gasteiger partial charge in [0.05, 0.1) is 31.0 Å². The van der Waals surface area contributed by atoms with Crippen LogP contribution in [0.4, 0.5) is 0 Å². The van der Waals surface area contributed by atoms with Gasteiger partial charge in [-0.25, -0.2) is 0 Å². The molecule has 4 aliphatic rings. The summed E-state index contributed by atoms with van der Waals surface area (Å²) < 4.78 is 0. The number of hydrogen-bond donors (Lipinski definition) is 6. The highest BCUT2D eigenvalue weighted by Gasteiger charge is 2.63. The lowest BCUT2D eigenvalue weighted by Crippen LogP contribution is -2.59.